The molecule has 90 valence electrons. The van der Waals surface area contributed by atoms with Crippen molar-refractivity contribution in [3.05, 3.63) is 0 Å². The van der Waals surface area contributed by atoms with E-state index in [0.29, 0.717) is 13.0 Å². The molecule has 0 heterocycles. The van der Waals surface area contributed by atoms with Gasteiger partial charge in [-0.15, -0.1) is 0 Å². The van der Waals surface area contributed by atoms with Crippen molar-refractivity contribution < 1.29 is 9.53 Å². The van der Waals surface area contributed by atoms with Gasteiger partial charge >= 0.3 is 5.97 Å². The van der Waals surface area contributed by atoms with Crippen LogP contribution in [0.15, 0.2) is 0 Å². The fourth-order valence-electron chi connectivity index (χ4n) is 2.07. The Morgan fingerprint density at radius 1 is 1.13 bits per heavy atom. The Kier molecular flexibility index (Phi) is 7.45. The number of rotatable bonds is 8. The third-order valence-electron chi connectivity index (χ3n) is 2.86. The predicted molar refractivity (Wildman–Crippen MR) is 63.8 cm³/mol. The van der Waals surface area contributed by atoms with E-state index in [2.05, 4.69) is 20.8 Å². The van der Waals surface area contributed by atoms with Gasteiger partial charge in [0.2, 0.25) is 0 Å². The molecule has 0 rings (SSSR count). The van der Waals surface area contributed by atoms with E-state index in [-0.39, 0.29) is 11.4 Å². The van der Waals surface area contributed by atoms with E-state index in [4.69, 9.17) is 4.74 Å². The van der Waals surface area contributed by atoms with Gasteiger partial charge in [-0.25, -0.2) is 0 Å². The average Bonchev–Trinajstić information content (AvgIpc) is 2.15. The summed E-state index contributed by atoms with van der Waals surface area (Å²) in [6.07, 6.45) is 6.37. The number of unbranched alkanes of at least 4 members (excludes halogenated alkanes) is 1. The molecule has 0 fully saturated rings. The maximum Gasteiger partial charge on any atom is 0.306 e. The quantitative estimate of drug-likeness (QED) is 0.572. The largest absolute Gasteiger partial charge is 0.466 e. The summed E-state index contributed by atoms with van der Waals surface area (Å²) < 4.78 is 5.02. The summed E-state index contributed by atoms with van der Waals surface area (Å²) >= 11 is 0. The first-order chi connectivity index (χ1) is 7.08. The molecule has 0 radical (unpaired) electrons. The highest BCUT2D eigenvalue weighted by Gasteiger charge is 2.26. The lowest BCUT2D eigenvalue weighted by Gasteiger charge is -2.28. The van der Waals surface area contributed by atoms with Gasteiger partial charge in [-0.2, -0.15) is 0 Å². The molecule has 0 aromatic rings. The smallest absolute Gasteiger partial charge is 0.306 e. The van der Waals surface area contributed by atoms with Crippen molar-refractivity contribution in [3.8, 4) is 0 Å². The van der Waals surface area contributed by atoms with Gasteiger partial charge in [-0.05, 0) is 25.2 Å². The summed E-state index contributed by atoms with van der Waals surface area (Å²) in [4.78, 5) is 11.5. The molecule has 2 heteroatoms. The molecular formula is C13H26O2. The van der Waals surface area contributed by atoms with Crippen LogP contribution in [0, 0.1) is 5.41 Å². The molecule has 1 atom stereocenters. The fraction of sp³-hybridized carbons (Fsp3) is 0.923. The van der Waals surface area contributed by atoms with Gasteiger partial charge in [0.15, 0.2) is 0 Å². The Morgan fingerprint density at radius 3 is 2.27 bits per heavy atom. The molecular weight excluding hydrogens is 188 g/mol. The van der Waals surface area contributed by atoms with E-state index in [1.54, 1.807) is 0 Å². The minimum Gasteiger partial charge on any atom is -0.466 e. The zero-order chi connectivity index (χ0) is 11.7. The maximum atomic E-state index is 11.5. The van der Waals surface area contributed by atoms with Gasteiger partial charge in [0.1, 0.15) is 0 Å². The molecule has 15 heavy (non-hydrogen) atoms. The number of hydrogen-bond acceptors (Lipinski definition) is 2. The molecule has 1 unspecified atom stereocenters. The fourth-order valence-corrected chi connectivity index (χ4v) is 2.07. The van der Waals surface area contributed by atoms with Gasteiger partial charge in [0, 0.05) is 0 Å². The highest BCUT2D eigenvalue weighted by molar-refractivity contribution is 5.70. The van der Waals surface area contributed by atoms with Gasteiger partial charge in [0.05, 0.1) is 13.0 Å². The topological polar surface area (TPSA) is 26.3 Å². The lowest BCUT2D eigenvalue weighted by Crippen LogP contribution is -2.22. The second kappa shape index (κ2) is 7.72. The van der Waals surface area contributed by atoms with Gasteiger partial charge in [0.25, 0.3) is 0 Å². The Morgan fingerprint density at radius 2 is 1.80 bits per heavy atom. The summed E-state index contributed by atoms with van der Waals surface area (Å²) in [6, 6.07) is 0. The molecule has 0 aromatic carbocycles. The lowest BCUT2D eigenvalue weighted by atomic mass is 9.78. The first-order valence-corrected chi connectivity index (χ1v) is 6.23. The minimum absolute atomic E-state index is 0.0375. The highest BCUT2D eigenvalue weighted by atomic mass is 16.5. The number of esters is 1. The van der Waals surface area contributed by atoms with Gasteiger partial charge in [-0.3, -0.25) is 4.79 Å². The highest BCUT2D eigenvalue weighted by Crippen LogP contribution is 2.33. The minimum atomic E-state index is -0.0375. The standard InChI is InChI=1S/C13H26O2/c1-5-8-10-13(4,9-6-2)11-12(14)15-7-3/h5-11H2,1-4H3. The van der Waals surface area contributed by atoms with E-state index in [9.17, 15) is 4.79 Å². The lowest BCUT2D eigenvalue weighted by molar-refractivity contribution is -0.146. The molecule has 0 aliphatic carbocycles. The summed E-state index contributed by atoms with van der Waals surface area (Å²) in [7, 11) is 0. The number of hydrogen-bond donors (Lipinski definition) is 0. The third kappa shape index (κ3) is 6.53. The molecule has 0 saturated heterocycles. The molecule has 0 spiro atoms. The first-order valence-electron chi connectivity index (χ1n) is 6.23. The summed E-state index contributed by atoms with van der Waals surface area (Å²) in [5.41, 5.74) is 0.150. The molecule has 0 amide bonds. The van der Waals surface area contributed by atoms with E-state index in [1.165, 1.54) is 12.8 Å². The van der Waals surface area contributed by atoms with E-state index >= 15 is 0 Å². The molecule has 0 aliphatic heterocycles. The molecule has 2 nitrogen and oxygen atoms in total. The van der Waals surface area contributed by atoms with Crippen LogP contribution in [0.25, 0.3) is 0 Å². The predicted octanol–water partition coefficient (Wildman–Crippen LogP) is 3.94. The Labute approximate surface area is 94.4 Å². The van der Waals surface area contributed by atoms with Crippen molar-refractivity contribution >= 4 is 5.97 Å². The average molecular weight is 214 g/mol. The zero-order valence-corrected chi connectivity index (χ0v) is 10.8. The van der Waals surface area contributed by atoms with Crippen LogP contribution in [0.4, 0.5) is 0 Å². The van der Waals surface area contributed by atoms with Crippen LogP contribution < -0.4 is 0 Å². The van der Waals surface area contributed by atoms with Crippen LogP contribution in [0.3, 0.4) is 0 Å². The Hall–Kier alpha value is -0.530. The van der Waals surface area contributed by atoms with Crippen molar-refractivity contribution in [2.45, 2.75) is 66.2 Å². The molecule has 0 aromatic heterocycles. The molecule has 0 saturated carbocycles. The molecule has 0 N–H and O–H groups in total. The Balaban J connectivity index is 4.16. The molecule has 0 aliphatic rings. The van der Waals surface area contributed by atoms with Crippen LogP contribution >= 0.6 is 0 Å². The van der Waals surface area contributed by atoms with Crippen molar-refractivity contribution in [2.75, 3.05) is 6.61 Å². The van der Waals surface area contributed by atoms with Crippen LogP contribution in [0.2, 0.25) is 0 Å². The number of ether oxygens (including phenoxy) is 1. The summed E-state index contributed by atoms with van der Waals surface area (Å²) in [6.45, 7) is 8.94. The number of carbonyl (C=O) groups excluding carboxylic acids is 1. The Bertz CT molecular complexity index is 177. The van der Waals surface area contributed by atoms with Crippen molar-refractivity contribution in [3.63, 3.8) is 0 Å². The van der Waals surface area contributed by atoms with Gasteiger partial charge < -0.3 is 4.74 Å². The van der Waals surface area contributed by atoms with Crippen LogP contribution in [0.1, 0.15) is 66.2 Å². The molecule has 0 bridgehead atoms. The van der Waals surface area contributed by atoms with Crippen molar-refractivity contribution in [1.29, 1.82) is 0 Å². The van der Waals surface area contributed by atoms with Crippen LogP contribution in [-0.2, 0) is 9.53 Å². The van der Waals surface area contributed by atoms with Crippen molar-refractivity contribution in [2.24, 2.45) is 5.41 Å². The summed E-state index contributed by atoms with van der Waals surface area (Å²) in [5, 5.41) is 0. The SMILES string of the molecule is CCCCC(C)(CCC)CC(=O)OCC. The van der Waals surface area contributed by atoms with Crippen LogP contribution in [0.5, 0.6) is 0 Å². The zero-order valence-electron chi connectivity index (χ0n) is 10.8. The van der Waals surface area contributed by atoms with E-state index in [1.807, 2.05) is 6.92 Å². The third-order valence-corrected chi connectivity index (χ3v) is 2.86. The van der Waals surface area contributed by atoms with Gasteiger partial charge in [-0.1, -0.05) is 40.0 Å². The van der Waals surface area contributed by atoms with E-state index in [0.717, 1.165) is 19.3 Å². The maximum absolute atomic E-state index is 11.5. The normalized spacial score (nSPS) is 14.7. The number of carbonyl (C=O) groups is 1. The summed E-state index contributed by atoms with van der Waals surface area (Å²) in [5.74, 6) is -0.0375. The second-order valence-electron chi connectivity index (χ2n) is 4.65. The van der Waals surface area contributed by atoms with E-state index < -0.39 is 0 Å². The van der Waals surface area contributed by atoms with Crippen LogP contribution in [-0.4, -0.2) is 12.6 Å². The monoisotopic (exact) mass is 214 g/mol. The van der Waals surface area contributed by atoms with Crippen molar-refractivity contribution in [1.82, 2.24) is 0 Å². The first kappa shape index (κ1) is 14.5. The second-order valence-corrected chi connectivity index (χ2v) is 4.65.